The Balaban J connectivity index is 2.55. The van der Waals surface area contributed by atoms with E-state index in [0.29, 0.717) is 12.8 Å². The van der Waals surface area contributed by atoms with Crippen molar-refractivity contribution >= 4 is 17.8 Å². The number of nitrogens with one attached hydrogen (secondary N) is 1. The van der Waals surface area contributed by atoms with Crippen molar-refractivity contribution in [2.75, 3.05) is 0 Å². The number of hydrogen-bond acceptors (Lipinski definition) is 2. The summed E-state index contributed by atoms with van der Waals surface area (Å²) in [6.07, 6.45) is 0.824. The second kappa shape index (κ2) is 3.21. The molecule has 0 aromatic carbocycles. The van der Waals surface area contributed by atoms with Crippen molar-refractivity contribution in [2.45, 2.75) is 18.9 Å². The average molecular weight is 170 g/mol. The Morgan fingerprint density at radius 2 is 2.25 bits per heavy atom. The minimum absolute atomic E-state index is 0.140. The van der Waals surface area contributed by atoms with Crippen molar-refractivity contribution in [3.05, 3.63) is 0 Å². The normalized spacial score (nSPS) is 21.7. The Morgan fingerprint density at radius 3 is 2.67 bits per heavy atom. The van der Waals surface area contributed by atoms with Crippen LogP contribution in [0.3, 0.4) is 0 Å². The second-order valence-corrected chi connectivity index (χ2v) is 2.53. The summed E-state index contributed by atoms with van der Waals surface area (Å²) in [5, 5.41) is 2.45. The lowest BCUT2D eigenvalue weighted by Crippen LogP contribution is -2.34. The lowest BCUT2D eigenvalue weighted by molar-refractivity contribution is -0.123. The fraction of sp³-hybridized carbons (Fsp3) is 0.500. The second-order valence-electron chi connectivity index (χ2n) is 2.53. The van der Waals surface area contributed by atoms with E-state index in [2.05, 4.69) is 10.3 Å². The van der Waals surface area contributed by atoms with Crippen molar-refractivity contribution in [1.29, 1.82) is 0 Å². The summed E-state index contributed by atoms with van der Waals surface area (Å²) >= 11 is 0. The molecule has 2 amide bonds. The number of carbonyl (C=O) groups is 2. The molecule has 12 heavy (non-hydrogen) atoms. The third-order valence-corrected chi connectivity index (χ3v) is 1.53. The highest BCUT2D eigenvalue weighted by molar-refractivity contribution is 5.97. The highest BCUT2D eigenvalue weighted by atomic mass is 16.2. The zero-order chi connectivity index (χ0) is 9.14. The van der Waals surface area contributed by atoms with Crippen LogP contribution >= 0.6 is 0 Å². The van der Waals surface area contributed by atoms with Crippen molar-refractivity contribution in [2.24, 2.45) is 16.5 Å². The van der Waals surface area contributed by atoms with E-state index in [4.69, 9.17) is 11.5 Å². The summed E-state index contributed by atoms with van der Waals surface area (Å²) in [5.41, 5.74) is 9.98. The number of nitrogens with zero attached hydrogens (tertiary/aromatic N) is 1. The van der Waals surface area contributed by atoms with Crippen molar-refractivity contribution in [1.82, 2.24) is 5.32 Å². The lowest BCUT2D eigenvalue weighted by atomic mass is 10.2. The zero-order valence-electron chi connectivity index (χ0n) is 6.41. The van der Waals surface area contributed by atoms with Gasteiger partial charge in [-0.15, -0.1) is 0 Å². The third-order valence-electron chi connectivity index (χ3n) is 1.53. The number of guanidine groups is 1. The first-order chi connectivity index (χ1) is 5.59. The summed E-state index contributed by atoms with van der Waals surface area (Å²) in [6.45, 7) is 0. The van der Waals surface area contributed by atoms with Gasteiger partial charge < -0.3 is 16.8 Å². The van der Waals surface area contributed by atoms with Gasteiger partial charge in [-0.05, 0) is 6.42 Å². The van der Waals surface area contributed by atoms with E-state index >= 15 is 0 Å². The third kappa shape index (κ3) is 1.94. The number of rotatable bonds is 1. The van der Waals surface area contributed by atoms with Crippen molar-refractivity contribution in [3.63, 3.8) is 0 Å². The molecule has 0 aromatic rings. The molecule has 0 spiro atoms. The number of aliphatic imine (C=N–C) groups is 1. The quantitative estimate of drug-likeness (QED) is 0.314. The predicted molar refractivity (Wildman–Crippen MR) is 42.0 cm³/mol. The van der Waals surface area contributed by atoms with Crippen LogP contribution in [0.2, 0.25) is 0 Å². The van der Waals surface area contributed by atoms with Crippen LogP contribution in [0.1, 0.15) is 12.8 Å². The molecule has 1 saturated heterocycles. The van der Waals surface area contributed by atoms with E-state index in [0.717, 1.165) is 0 Å². The van der Waals surface area contributed by atoms with E-state index < -0.39 is 11.9 Å². The summed E-state index contributed by atoms with van der Waals surface area (Å²) in [6, 6.07) is -0.542. The van der Waals surface area contributed by atoms with Gasteiger partial charge in [-0.1, -0.05) is 0 Å². The molecule has 6 heteroatoms. The van der Waals surface area contributed by atoms with Gasteiger partial charge in [0, 0.05) is 6.42 Å². The van der Waals surface area contributed by atoms with Gasteiger partial charge >= 0.3 is 0 Å². The molecular weight excluding hydrogens is 160 g/mol. The van der Waals surface area contributed by atoms with Gasteiger partial charge in [0.2, 0.25) is 5.91 Å². The fourth-order valence-corrected chi connectivity index (χ4v) is 1.00. The van der Waals surface area contributed by atoms with Crippen LogP contribution < -0.4 is 16.8 Å². The summed E-state index contributed by atoms with van der Waals surface area (Å²) < 4.78 is 0. The molecular formula is C6H10N4O2. The number of nitrogens with two attached hydrogens (primary N) is 2. The molecule has 0 aromatic heterocycles. The van der Waals surface area contributed by atoms with Gasteiger partial charge in [0.1, 0.15) is 6.04 Å². The van der Waals surface area contributed by atoms with E-state index in [1.165, 1.54) is 0 Å². The maximum atomic E-state index is 11.0. The van der Waals surface area contributed by atoms with E-state index in [9.17, 15) is 9.59 Å². The first kappa shape index (κ1) is 8.51. The van der Waals surface area contributed by atoms with Crippen LogP contribution in [-0.4, -0.2) is 23.8 Å². The molecule has 1 heterocycles. The smallest absolute Gasteiger partial charge is 0.271 e. The molecule has 66 valence electrons. The van der Waals surface area contributed by atoms with Gasteiger partial charge in [0.05, 0.1) is 0 Å². The topological polar surface area (TPSA) is 111 Å². The van der Waals surface area contributed by atoms with Gasteiger partial charge in [0.25, 0.3) is 5.91 Å². The molecule has 0 unspecified atom stereocenters. The van der Waals surface area contributed by atoms with Crippen LogP contribution in [0.5, 0.6) is 0 Å². The summed E-state index contributed by atoms with van der Waals surface area (Å²) in [4.78, 5) is 25.0. The Labute approximate surface area is 69.0 Å². The van der Waals surface area contributed by atoms with Gasteiger partial charge in [-0.25, -0.2) is 0 Å². The van der Waals surface area contributed by atoms with Crippen LogP contribution in [-0.2, 0) is 9.59 Å². The minimum Gasteiger partial charge on any atom is -0.370 e. The maximum Gasteiger partial charge on any atom is 0.271 e. The number of hydrogen-bond donors (Lipinski definition) is 3. The van der Waals surface area contributed by atoms with Gasteiger partial charge in [-0.3, -0.25) is 9.59 Å². The number of carbonyl (C=O) groups excluding carboxylic acids is 2. The van der Waals surface area contributed by atoms with Gasteiger partial charge in [0.15, 0.2) is 5.96 Å². The molecule has 0 saturated carbocycles. The molecule has 1 atom stereocenters. The highest BCUT2D eigenvalue weighted by Gasteiger charge is 2.26. The molecule has 5 N–H and O–H groups in total. The predicted octanol–water partition coefficient (Wildman–Crippen LogP) is -1.93. The Hall–Kier alpha value is -1.59. The standard InChI is InChI=1S/C6H10N4O2/c7-6(8)10-5(12)3-1-2-4(11)9-3/h3H,1-2H2,(H,9,11)(H4,7,8,10,12)/t3-/m0/s1. The SMILES string of the molecule is NC(N)=NC(=O)[C@@H]1CCC(=O)N1. The Morgan fingerprint density at radius 1 is 1.58 bits per heavy atom. The number of amides is 2. The molecule has 1 aliphatic heterocycles. The zero-order valence-corrected chi connectivity index (χ0v) is 6.41. The molecule has 0 bridgehead atoms. The Kier molecular flexibility index (Phi) is 2.27. The fourth-order valence-electron chi connectivity index (χ4n) is 1.00. The lowest BCUT2D eigenvalue weighted by Gasteiger charge is -2.03. The van der Waals surface area contributed by atoms with Crippen LogP contribution in [0.4, 0.5) is 0 Å². The molecule has 1 fully saturated rings. The highest BCUT2D eigenvalue weighted by Crippen LogP contribution is 2.07. The minimum atomic E-state index is -0.542. The van der Waals surface area contributed by atoms with E-state index in [1.54, 1.807) is 0 Å². The monoisotopic (exact) mass is 170 g/mol. The first-order valence-corrected chi connectivity index (χ1v) is 3.52. The summed E-state index contributed by atoms with van der Waals surface area (Å²) in [7, 11) is 0. The molecule has 6 nitrogen and oxygen atoms in total. The molecule has 0 radical (unpaired) electrons. The van der Waals surface area contributed by atoms with Crippen LogP contribution in [0.25, 0.3) is 0 Å². The summed E-state index contributed by atoms with van der Waals surface area (Å²) in [5.74, 6) is -0.902. The molecule has 1 aliphatic rings. The maximum absolute atomic E-state index is 11.0. The van der Waals surface area contributed by atoms with Crippen LogP contribution in [0.15, 0.2) is 4.99 Å². The molecule has 1 rings (SSSR count). The Bertz CT molecular complexity index is 244. The largest absolute Gasteiger partial charge is 0.370 e. The van der Waals surface area contributed by atoms with Crippen molar-refractivity contribution < 1.29 is 9.59 Å². The van der Waals surface area contributed by atoms with Crippen LogP contribution in [0, 0.1) is 0 Å². The first-order valence-electron chi connectivity index (χ1n) is 3.52. The van der Waals surface area contributed by atoms with Crippen molar-refractivity contribution in [3.8, 4) is 0 Å². The van der Waals surface area contributed by atoms with E-state index in [-0.39, 0.29) is 11.9 Å². The van der Waals surface area contributed by atoms with E-state index in [1.807, 2.05) is 0 Å². The van der Waals surface area contributed by atoms with Gasteiger partial charge in [-0.2, -0.15) is 4.99 Å². The molecule has 0 aliphatic carbocycles. The average Bonchev–Trinajstić information content (AvgIpc) is 2.34.